The minimum absolute atomic E-state index is 0.632. The zero-order chi connectivity index (χ0) is 13.7. The van der Waals surface area contributed by atoms with E-state index in [9.17, 15) is 4.21 Å². The van der Waals surface area contributed by atoms with Gasteiger partial charge < -0.3 is 10.2 Å². The van der Waals surface area contributed by atoms with E-state index in [1.54, 1.807) is 0 Å². The molecule has 0 atom stereocenters. The van der Waals surface area contributed by atoms with Gasteiger partial charge in [0.05, 0.1) is 5.69 Å². The van der Waals surface area contributed by atoms with E-state index in [0.29, 0.717) is 5.92 Å². The van der Waals surface area contributed by atoms with Crippen LogP contribution in [0, 0.1) is 5.92 Å². The minimum atomic E-state index is -0.632. The average Bonchev–Trinajstić information content (AvgIpc) is 2.39. The first-order valence-electron chi connectivity index (χ1n) is 6.91. The van der Waals surface area contributed by atoms with Crippen molar-refractivity contribution in [3.8, 4) is 0 Å². The van der Waals surface area contributed by atoms with Crippen LogP contribution in [0.15, 0.2) is 18.2 Å². The molecule has 2 rings (SSSR count). The fourth-order valence-electron chi connectivity index (χ4n) is 2.10. The SMILES string of the molecule is CC(C)CNCc1cccc(N2CCS(=O)CC2)n1. The molecule has 1 aliphatic rings. The van der Waals surface area contributed by atoms with Crippen molar-refractivity contribution in [3.05, 3.63) is 23.9 Å². The lowest BCUT2D eigenvalue weighted by Crippen LogP contribution is -2.38. The summed E-state index contributed by atoms with van der Waals surface area (Å²) in [5.74, 6) is 3.19. The van der Waals surface area contributed by atoms with E-state index in [4.69, 9.17) is 0 Å². The highest BCUT2D eigenvalue weighted by Gasteiger charge is 2.16. The van der Waals surface area contributed by atoms with Crippen molar-refractivity contribution < 1.29 is 4.21 Å². The van der Waals surface area contributed by atoms with E-state index in [0.717, 1.165) is 49.2 Å². The second-order valence-corrected chi connectivity index (χ2v) is 7.04. The molecular weight excluding hydrogens is 258 g/mol. The number of hydrogen-bond donors (Lipinski definition) is 1. The number of pyridine rings is 1. The van der Waals surface area contributed by atoms with Gasteiger partial charge in [0.1, 0.15) is 5.82 Å². The number of nitrogens with zero attached hydrogens (tertiary/aromatic N) is 2. The zero-order valence-corrected chi connectivity index (χ0v) is 12.6. The van der Waals surface area contributed by atoms with Crippen LogP contribution in [0.2, 0.25) is 0 Å². The van der Waals surface area contributed by atoms with E-state index in [-0.39, 0.29) is 0 Å². The molecule has 4 nitrogen and oxygen atoms in total. The third kappa shape index (κ3) is 4.58. The maximum absolute atomic E-state index is 11.4. The molecule has 0 bridgehead atoms. The summed E-state index contributed by atoms with van der Waals surface area (Å²) in [7, 11) is -0.632. The lowest BCUT2D eigenvalue weighted by molar-refractivity contribution is 0.548. The Labute approximate surface area is 118 Å². The molecule has 1 aliphatic heterocycles. The Morgan fingerprint density at radius 1 is 1.37 bits per heavy atom. The summed E-state index contributed by atoms with van der Waals surface area (Å²) in [4.78, 5) is 6.91. The molecule has 1 N–H and O–H groups in total. The number of aromatic nitrogens is 1. The van der Waals surface area contributed by atoms with E-state index in [2.05, 4.69) is 41.2 Å². The van der Waals surface area contributed by atoms with Gasteiger partial charge in [-0.1, -0.05) is 19.9 Å². The monoisotopic (exact) mass is 281 g/mol. The summed E-state index contributed by atoms with van der Waals surface area (Å²) < 4.78 is 11.4. The van der Waals surface area contributed by atoms with Crippen LogP contribution in [0.25, 0.3) is 0 Å². The van der Waals surface area contributed by atoms with E-state index in [1.165, 1.54) is 0 Å². The molecule has 0 spiro atoms. The van der Waals surface area contributed by atoms with E-state index in [1.807, 2.05) is 6.07 Å². The van der Waals surface area contributed by atoms with E-state index < -0.39 is 10.8 Å². The molecule has 106 valence electrons. The number of hydrogen-bond acceptors (Lipinski definition) is 4. The lowest BCUT2D eigenvalue weighted by Gasteiger charge is -2.27. The Morgan fingerprint density at radius 2 is 2.11 bits per heavy atom. The first kappa shape index (κ1) is 14.5. The van der Waals surface area contributed by atoms with Crippen molar-refractivity contribution in [3.63, 3.8) is 0 Å². The van der Waals surface area contributed by atoms with Gasteiger partial charge >= 0.3 is 0 Å². The first-order valence-corrected chi connectivity index (χ1v) is 8.40. The van der Waals surface area contributed by atoms with Crippen LogP contribution in [0.1, 0.15) is 19.5 Å². The molecule has 1 aromatic rings. The van der Waals surface area contributed by atoms with Gasteiger partial charge in [-0.2, -0.15) is 0 Å². The summed E-state index contributed by atoms with van der Waals surface area (Å²) in [6.45, 7) is 7.92. The molecular formula is C14H23N3OS. The number of anilines is 1. The van der Waals surface area contributed by atoms with E-state index >= 15 is 0 Å². The van der Waals surface area contributed by atoms with Gasteiger partial charge in [0.25, 0.3) is 0 Å². The fourth-order valence-corrected chi connectivity index (χ4v) is 3.15. The van der Waals surface area contributed by atoms with Crippen LogP contribution in [0.4, 0.5) is 5.82 Å². The maximum atomic E-state index is 11.4. The molecule has 0 saturated carbocycles. The Kier molecular flexibility index (Phi) is 5.34. The molecule has 1 aromatic heterocycles. The standard InChI is InChI=1S/C14H23N3OS/c1-12(2)10-15-11-13-4-3-5-14(16-13)17-6-8-19(18)9-7-17/h3-5,12,15H,6-11H2,1-2H3. The molecule has 0 unspecified atom stereocenters. The summed E-state index contributed by atoms with van der Waals surface area (Å²) in [5, 5.41) is 3.41. The van der Waals surface area contributed by atoms with Crippen LogP contribution in [-0.2, 0) is 17.3 Å². The predicted octanol–water partition coefficient (Wildman–Crippen LogP) is 1.40. The fraction of sp³-hybridized carbons (Fsp3) is 0.643. The average molecular weight is 281 g/mol. The molecule has 19 heavy (non-hydrogen) atoms. The molecule has 0 aliphatic carbocycles. The summed E-state index contributed by atoms with van der Waals surface area (Å²) in [6, 6.07) is 6.15. The van der Waals surface area contributed by atoms with Crippen molar-refractivity contribution in [2.45, 2.75) is 20.4 Å². The predicted molar refractivity (Wildman–Crippen MR) is 80.9 cm³/mol. The second kappa shape index (κ2) is 7.01. The highest BCUT2D eigenvalue weighted by atomic mass is 32.2. The third-order valence-corrected chi connectivity index (χ3v) is 4.43. The quantitative estimate of drug-likeness (QED) is 0.886. The summed E-state index contributed by atoms with van der Waals surface area (Å²) >= 11 is 0. The van der Waals surface area contributed by atoms with Gasteiger partial charge in [0.2, 0.25) is 0 Å². The van der Waals surface area contributed by atoms with Crippen molar-refractivity contribution in [1.82, 2.24) is 10.3 Å². The van der Waals surface area contributed by atoms with Crippen molar-refractivity contribution >= 4 is 16.6 Å². The molecule has 0 aromatic carbocycles. The largest absolute Gasteiger partial charge is 0.355 e. The lowest BCUT2D eigenvalue weighted by atomic mass is 10.2. The van der Waals surface area contributed by atoms with Crippen LogP contribution in [-0.4, -0.2) is 40.3 Å². The Bertz CT molecular complexity index is 426. The van der Waals surface area contributed by atoms with Crippen molar-refractivity contribution in [2.24, 2.45) is 5.92 Å². The maximum Gasteiger partial charge on any atom is 0.128 e. The smallest absolute Gasteiger partial charge is 0.128 e. The number of rotatable bonds is 5. The Morgan fingerprint density at radius 3 is 2.79 bits per heavy atom. The normalized spacial score (nSPS) is 17.1. The van der Waals surface area contributed by atoms with Gasteiger partial charge in [-0.05, 0) is 24.6 Å². The highest BCUT2D eigenvalue weighted by molar-refractivity contribution is 7.85. The molecule has 0 radical (unpaired) electrons. The van der Waals surface area contributed by atoms with Crippen molar-refractivity contribution in [1.29, 1.82) is 0 Å². The number of nitrogens with one attached hydrogen (secondary N) is 1. The molecule has 0 amide bonds. The summed E-state index contributed by atoms with van der Waals surface area (Å²) in [5.41, 5.74) is 1.07. The molecule has 1 fully saturated rings. The van der Waals surface area contributed by atoms with Gasteiger partial charge in [-0.3, -0.25) is 4.21 Å². The highest BCUT2D eigenvalue weighted by Crippen LogP contribution is 2.14. The van der Waals surface area contributed by atoms with Gasteiger partial charge in [-0.25, -0.2) is 4.98 Å². The van der Waals surface area contributed by atoms with Gasteiger partial charge in [0.15, 0.2) is 0 Å². The minimum Gasteiger partial charge on any atom is -0.355 e. The van der Waals surface area contributed by atoms with Crippen LogP contribution in [0.5, 0.6) is 0 Å². The van der Waals surface area contributed by atoms with Gasteiger partial charge in [-0.15, -0.1) is 0 Å². The summed E-state index contributed by atoms with van der Waals surface area (Å²) in [6.07, 6.45) is 0. The third-order valence-electron chi connectivity index (χ3n) is 3.15. The zero-order valence-electron chi connectivity index (χ0n) is 11.8. The van der Waals surface area contributed by atoms with Crippen LogP contribution >= 0.6 is 0 Å². The van der Waals surface area contributed by atoms with Crippen molar-refractivity contribution in [2.75, 3.05) is 36.0 Å². The topological polar surface area (TPSA) is 45.2 Å². The second-order valence-electron chi connectivity index (χ2n) is 5.35. The first-order chi connectivity index (χ1) is 9.15. The van der Waals surface area contributed by atoms with Gasteiger partial charge in [0, 0.05) is 41.9 Å². The molecule has 2 heterocycles. The Hall–Kier alpha value is -0.940. The molecule has 1 saturated heterocycles. The van der Waals surface area contributed by atoms with Crippen LogP contribution < -0.4 is 10.2 Å². The van der Waals surface area contributed by atoms with Crippen LogP contribution in [0.3, 0.4) is 0 Å². The Balaban J connectivity index is 1.93. The molecule has 5 heteroatoms.